The smallest absolute Gasteiger partial charge is 0.156 e. The number of H-pyrrole nitrogens is 1. The van der Waals surface area contributed by atoms with Gasteiger partial charge in [-0.05, 0) is 42.8 Å². The predicted molar refractivity (Wildman–Crippen MR) is 69.0 cm³/mol. The van der Waals surface area contributed by atoms with Crippen molar-refractivity contribution in [3.05, 3.63) is 47.1 Å². The van der Waals surface area contributed by atoms with Crippen LogP contribution in [0, 0.1) is 12.7 Å². The third-order valence-corrected chi connectivity index (χ3v) is 2.97. The van der Waals surface area contributed by atoms with Gasteiger partial charge in [0, 0.05) is 5.69 Å². The molecule has 0 aliphatic rings. The van der Waals surface area contributed by atoms with E-state index in [0.29, 0.717) is 16.5 Å². The summed E-state index contributed by atoms with van der Waals surface area (Å²) in [5.41, 5.74) is 3.17. The number of hydrogen-bond acceptors (Lipinski definition) is 2. The lowest BCUT2D eigenvalue weighted by atomic mass is 10.1. The van der Waals surface area contributed by atoms with Crippen molar-refractivity contribution in [1.29, 1.82) is 0 Å². The maximum Gasteiger partial charge on any atom is 0.156 e. The van der Waals surface area contributed by atoms with Gasteiger partial charge in [0.2, 0.25) is 0 Å². The zero-order chi connectivity index (χ0) is 12.7. The second-order valence-corrected chi connectivity index (χ2v) is 4.37. The lowest BCUT2D eigenvalue weighted by Gasteiger charge is -1.96. The van der Waals surface area contributed by atoms with Gasteiger partial charge in [0.05, 0.1) is 5.52 Å². The van der Waals surface area contributed by atoms with Crippen LogP contribution in [0.1, 0.15) is 5.82 Å². The highest BCUT2D eigenvalue weighted by atomic mass is 35.5. The number of fused-ring (bicyclic) bond motifs is 1. The van der Waals surface area contributed by atoms with E-state index in [1.54, 1.807) is 19.1 Å². The van der Waals surface area contributed by atoms with Gasteiger partial charge in [-0.2, -0.15) is 0 Å². The van der Waals surface area contributed by atoms with Gasteiger partial charge < -0.3 is 4.98 Å². The average molecular weight is 262 g/mol. The fourth-order valence-electron chi connectivity index (χ4n) is 1.87. The van der Waals surface area contributed by atoms with Gasteiger partial charge in [0.25, 0.3) is 0 Å². The average Bonchev–Trinajstić information content (AvgIpc) is 2.74. The van der Waals surface area contributed by atoms with Gasteiger partial charge in [-0.3, -0.25) is 0 Å². The molecule has 0 bridgehead atoms. The Morgan fingerprint density at radius 3 is 2.61 bits per heavy atom. The van der Waals surface area contributed by atoms with Gasteiger partial charge in [0.15, 0.2) is 5.15 Å². The summed E-state index contributed by atoms with van der Waals surface area (Å²) in [5, 5.41) is 0.394. The zero-order valence-corrected chi connectivity index (χ0v) is 10.3. The molecule has 18 heavy (non-hydrogen) atoms. The molecular formula is C13H9ClFN3. The molecule has 0 spiro atoms. The molecule has 0 saturated carbocycles. The second-order valence-electron chi connectivity index (χ2n) is 4.01. The molecule has 2 aromatic heterocycles. The minimum Gasteiger partial charge on any atom is -0.351 e. The molecule has 0 unspecified atom stereocenters. The van der Waals surface area contributed by atoms with E-state index in [0.717, 1.165) is 16.8 Å². The first kappa shape index (κ1) is 11.2. The predicted octanol–water partition coefficient (Wildman–Crippen LogP) is 3.73. The van der Waals surface area contributed by atoms with Crippen molar-refractivity contribution in [3.63, 3.8) is 0 Å². The standard InChI is InChI=1S/C13H9ClFN3/c1-7-16-11-6-10(18-12(11)13(14)17-7)8-2-4-9(15)5-3-8/h2-6,18H,1H3. The van der Waals surface area contributed by atoms with Crippen LogP contribution in [-0.4, -0.2) is 15.0 Å². The summed E-state index contributed by atoms with van der Waals surface area (Å²) in [4.78, 5) is 11.5. The highest BCUT2D eigenvalue weighted by Crippen LogP contribution is 2.26. The summed E-state index contributed by atoms with van der Waals surface area (Å²) in [7, 11) is 0. The van der Waals surface area contributed by atoms with Crippen molar-refractivity contribution in [1.82, 2.24) is 15.0 Å². The Bertz CT molecular complexity index is 719. The lowest BCUT2D eigenvalue weighted by molar-refractivity contribution is 0.628. The van der Waals surface area contributed by atoms with Crippen molar-refractivity contribution in [2.45, 2.75) is 6.92 Å². The molecule has 0 aliphatic carbocycles. The van der Waals surface area contributed by atoms with Crippen molar-refractivity contribution < 1.29 is 4.39 Å². The van der Waals surface area contributed by atoms with E-state index < -0.39 is 0 Å². The Balaban J connectivity index is 2.19. The van der Waals surface area contributed by atoms with E-state index in [9.17, 15) is 4.39 Å². The third-order valence-electron chi connectivity index (χ3n) is 2.70. The first-order valence-electron chi connectivity index (χ1n) is 5.42. The number of aromatic nitrogens is 3. The maximum atomic E-state index is 12.9. The van der Waals surface area contributed by atoms with E-state index in [2.05, 4.69) is 15.0 Å². The van der Waals surface area contributed by atoms with Gasteiger partial charge >= 0.3 is 0 Å². The fourth-order valence-corrected chi connectivity index (χ4v) is 2.14. The molecule has 3 rings (SSSR count). The van der Waals surface area contributed by atoms with Crippen LogP contribution in [-0.2, 0) is 0 Å². The largest absolute Gasteiger partial charge is 0.351 e. The first-order valence-corrected chi connectivity index (χ1v) is 5.80. The fraction of sp³-hybridized carbons (Fsp3) is 0.0769. The van der Waals surface area contributed by atoms with E-state index in [1.807, 2.05) is 6.07 Å². The monoisotopic (exact) mass is 261 g/mol. The van der Waals surface area contributed by atoms with Gasteiger partial charge in [-0.25, -0.2) is 14.4 Å². The molecule has 90 valence electrons. The molecule has 1 N–H and O–H groups in total. The van der Waals surface area contributed by atoms with Crippen LogP contribution in [0.25, 0.3) is 22.3 Å². The number of rotatable bonds is 1. The molecule has 0 fully saturated rings. The van der Waals surface area contributed by atoms with E-state index in [4.69, 9.17) is 11.6 Å². The van der Waals surface area contributed by atoms with E-state index in [1.165, 1.54) is 12.1 Å². The highest BCUT2D eigenvalue weighted by molar-refractivity contribution is 6.33. The molecule has 3 nitrogen and oxygen atoms in total. The van der Waals surface area contributed by atoms with Crippen LogP contribution in [0.5, 0.6) is 0 Å². The molecule has 0 aliphatic heterocycles. The topological polar surface area (TPSA) is 41.6 Å². The molecule has 0 radical (unpaired) electrons. The summed E-state index contributed by atoms with van der Waals surface area (Å²) in [6, 6.07) is 8.12. The SMILES string of the molecule is Cc1nc(Cl)c2[nH]c(-c3ccc(F)cc3)cc2n1. The number of aromatic amines is 1. The second kappa shape index (κ2) is 4.07. The summed E-state index contributed by atoms with van der Waals surface area (Å²) in [5.74, 6) is 0.362. The number of nitrogens with zero attached hydrogens (tertiary/aromatic N) is 2. The molecule has 0 saturated heterocycles. The molecule has 2 heterocycles. The van der Waals surface area contributed by atoms with E-state index in [-0.39, 0.29) is 5.82 Å². The molecular weight excluding hydrogens is 253 g/mol. The van der Waals surface area contributed by atoms with Crippen molar-refractivity contribution in [2.24, 2.45) is 0 Å². The van der Waals surface area contributed by atoms with Crippen molar-refractivity contribution >= 4 is 22.6 Å². The molecule has 5 heteroatoms. The lowest BCUT2D eigenvalue weighted by Crippen LogP contribution is -1.87. The summed E-state index contributed by atoms with van der Waals surface area (Å²) >= 11 is 6.05. The van der Waals surface area contributed by atoms with Gasteiger partial charge in [0.1, 0.15) is 17.2 Å². The Labute approximate surface area is 108 Å². The maximum absolute atomic E-state index is 12.9. The third kappa shape index (κ3) is 1.84. The van der Waals surface area contributed by atoms with E-state index >= 15 is 0 Å². The number of hydrogen-bond donors (Lipinski definition) is 1. The quantitative estimate of drug-likeness (QED) is 0.678. The number of halogens is 2. The Morgan fingerprint density at radius 2 is 1.89 bits per heavy atom. The van der Waals surface area contributed by atoms with Crippen LogP contribution >= 0.6 is 11.6 Å². The molecule has 0 atom stereocenters. The minimum atomic E-state index is -0.261. The summed E-state index contributed by atoms with van der Waals surface area (Å²) in [6.07, 6.45) is 0. The van der Waals surface area contributed by atoms with Crippen LogP contribution < -0.4 is 0 Å². The van der Waals surface area contributed by atoms with Crippen molar-refractivity contribution in [2.75, 3.05) is 0 Å². The molecule has 0 amide bonds. The van der Waals surface area contributed by atoms with Crippen molar-refractivity contribution in [3.8, 4) is 11.3 Å². The Hall–Kier alpha value is -1.94. The summed E-state index contributed by atoms with van der Waals surface area (Å²) < 4.78 is 12.9. The number of aryl methyl sites for hydroxylation is 1. The highest BCUT2D eigenvalue weighted by Gasteiger charge is 2.09. The Kier molecular flexibility index (Phi) is 2.52. The van der Waals surface area contributed by atoms with Gasteiger partial charge in [-0.15, -0.1) is 0 Å². The van der Waals surface area contributed by atoms with Crippen LogP contribution in [0.4, 0.5) is 4.39 Å². The normalized spacial score (nSPS) is 11.1. The number of nitrogens with one attached hydrogen (secondary N) is 1. The van der Waals surface area contributed by atoms with Gasteiger partial charge in [-0.1, -0.05) is 11.6 Å². The molecule has 3 aromatic rings. The van der Waals surface area contributed by atoms with Crippen LogP contribution in [0.15, 0.2) is 30.3 Å². The minimum absolute atomic E-state index is 0.261. The zero-order valence-electron chi connectivity index (χ0n) is 9.54. The van der Waals surface area contributed by atoms with Crippen LogP contribution in [0.2, 0.25) is 5.15 Å². The first-order chi connectivity index (χ1) is 8.63. The Morgan fingerprint density at radius 1 is 1.17 bits per heavy atom. The number of benzene rings is 1. The summed E-state index contributed by atoms with van der Waals surface area (Å²) in [6.45, 7) is 1.79. The van der Waals surface area contributed by atoms with Crippen LogP contribution in [0.3, 0.4) is 0 Å². The molecule has 1 aromatic carbocycles.